The predicted octanol–water partition coefficient (Wildman–Crippen LogP) is -0.700. The molecule has 1 aliphatic heterocycles. The van der Waals surface area contributed by atoms with Gasteiger partial charge in [-0.1, -0.05) is 0 Å². The molecule has 1 saturated heterocycles. The van der Waals surface area contributed by atoms with E-state index >= 15 is 0 Å². The molecule has 6 atom stereocenters. The lowest BCUT2D eigenvalue weighted by Gasteiger charge is -2.43. The topological polar surface area (TPSA) is 159 Å². The molecule has 10 heteroatoms. The number of hydrogen-bond acceptors (Lipinski definition) is 10. The van der Waals surface area contributed by atoms with Crippen molar-refractivity contribution in [2.75, 3.05) is 13.7 Å². The van der Waals surface area contributed by atoms with Crippen molar-refractivity contribution in [3.05, 3.63) is 40.2 Å². The van der Waals surface area contributed by atoms with Crippen molar-refractivity contribution in [2.45, 2.75) is 62.7 Å². The van der Waals surface area contributed by atoms with Crippen molar-refractivity contribution in [1.82, 2.24) is 0 Å². The van der Waals surface area contributed by atoms with E-state index in [1.54, 1.807) is 32.0 Å². The van der Waals surface area contributed by atoms with E-state index in [1.165, 1.54) is 13.2 Å². The van der Waals surface area contributed by atoms with E-state index in [1.807, 2.05) is 0 Å². The summed E-state index contributed by atoms with van der Waals surface area (Å²) >= 11 is 0. The number of aliphatic hydroxyl groups is 5. The van der Waals surface area contributed by atoms with E-state index in [9.17, 15) is 30.3 Å². The van der Waals surface area contributed by atoms with Gasteiger partial charge in [0.1, 0.15) is 35.7 Å². The molecule has 31 heavy (non-hydrogen) atoms. The fourth-order valence-electron chi connectivity index (χ4n) is 3.54. The van der Waals surface area contributed by atoms with Gasteiger partial charge in [-0.2, -0.15) is 0 Å². The Hall–Kier alpha value is -2.05. The van der Waals surface area contributed by atoms with E-state index < -0.39 is 54.6 Å². The van der Waals surface area contributed by atoms with Gasteiger partial charge in [-0.25, -0.2) is 4.79 Å². The maximum absolute atomic E-state index is 11.7. The molecule has 3 rings (SSSR count). The largest absolute Gasteiger partial charge is 0.496 e. The van der Waals surface area contributed by atoms with Crippen LogP contribution in [0.25, 0.3) is 11.0 Å². The highest BCUT2D eigenvalue weighted by atomic mass is 16.7. The molecule has 0 aliphatic carbocycles. The summed E-state index contributed by atoms with van der Waals surface area (Å²) in [5, 5.41) is 51.0. The summed E-state index contributed by atoms with van der Waals surface area (Å²) in [4.78, 5) is 11.7. The Morgan fingerprint density at radius 3 is 2.42 bits per heavy atom. The van der Waals surface area contributed by atoms with Gasteiger partial charge in [0, 0.05) is 23.4 Å². The lowest BCUT2D eigenvalue weighted by atomic mass is 9.92. The molecule has 0 amide bonds. The standard InChI is InChI=1S/C21H28O10/c1-21(2,31-20-18(27)17(26)16(25)13(9-22)29-20)14(23)8-11-12(28-3)6-4-10-5-7-15(24)30-19(10)11/h4-7,13-14,16-18,20,22-23,25-27H,8-9H2,1-3H3. The fraction of sp³-hybridized carbons (Fsp3) is 0.571. The molecular formula is C21H28O10. The van der Waals surface area contributed by atoms with E-state index in [0.717, 1.165) is 0 Å². The molecule has 1 aliphatic rings. The van der Waals surface area contributed by atoms with Crippen molar-refractivity contribution in [1.29, 1.82) is 0 Å². The van der Waals surface area contributed by atoms with Crippen LogP contribution in [0.3, 0.4) is 0 Å². The normalized spacial score (nSPS) is 27.9. The van der Waals surface area contributed by atoms with Crippen molar-refractivity contribution >= 4 is 11.0 Å². The van der Waals surface area contributed by atoms with Gasteiger partial charge in [-0.15, -0.1) is 0 Å². The van der Waals surface area contributed by atoms with Gasteiger partial charge < -0.3 is 44.2 Å². The van der Waals surface area contributed by atoms with E-state index in [4.69, 9.17) is 18.6 Å². The fourth-order valence-corrected chi connectivity index (χ4v) is 3.54. The molecule has 172 valence electrons. The van der Waals surface area contributed by atoms with Crippen LogP contribution >= 0.6 is 0 Å². The lowest BCUT2D eigenvalue weighted by molar-refractivity contribution is -0.331. The Kier molecular flexibility index (Phi) is 7.01. The van der Waals surface area contributed by atoms with Crippen LogP contribution in [-0.2, 0) is 15.9 Å². The first-order chi connectivity index (χ1) is 14.6. The minimum atomic E-state index is -1.60. The Morgan fingerprint density at radius 1 is 1.10 bits per heavy atom. The molecule has 0 spiro atoms. The second kappa shape index (κ2) is 9.21. The van der Waals surface area contributed by atoms with Gasteiger partial charge in [0.2, 0.25) is 0 Å². The van der Waals surface area contributed by atoms with Crippen LogP contribution in [0.5, 0.6) is 5.75 Å². The quantitative estimate of drug-likeness (QED) is 0.349. The second-order valence-electron chi connectivity index (χ2n) is 8.06. The number of rotatable bonds is 7. The number of aliphatic hydroxyl groups excluding tert-OH is 5. The Morgan fingerprint density at radius 2 is 1.77 bits per heavy atom. The number of hydrogen-bond donors (Lipinski definition) is 5. The first-order valence-corrected chi connectivity index (χ1v) is 9.85. The average molecular weight is 440 g/mol. The average Bonchev–Trinajstić information content (AvgIpc) is 2.74. The molecule has 10 nitrogen and oxygen atoms in total. The molecule has 0 saturated carbocycles. The van der Waals surface area contributed by atoms with Crippen LogP contribution in [-0.4, -0.2) is 81.7 Å². The molecule has 1 aromatic heterocycles. The second-order valence-corrected chi connectivity index (χ2v) is 8.06. The van der Waals surface area contributed by atoms with Crippen molar-refractivity contribution in [3.63, 3.8) is 0 Å². The van der Waals surface area contributed by atoms with Crippen LogP contribution < -0.4 is 10.4 Å². The maximum Gasteiger partial charge on any atom is 0.336 e. The van der Waals surface area contributed by atoms with Crippen LogP contribution in [0.4, 0.5) is 0 Å². The smallest absolute Gasteiger partial charge is 0.336 e. The minimum absolute atomic E-state index is 0.0299. The molecule has 2 aromatic rings. The summed E-state index contributed by atoms with van der Waals surface area (Å²) in [5.41, 5.74) is -1.14. The van der Waals surface area contributed by atoms with Crippen LogP contribution in [0, 0.1) is 0 Å². The molecule has 1 fully saturated rings. The third-order valence-corrected chi connectivity index (χ3v) is 5.54. The zero-order chi connectivity index (χ0) is 22.9. The lowest BCUT2D eigenvalue weighted by Crippen LogP contribution is -2.61. The molecule has 2 heterocycles. The number of fused-ring (bicyclic) bond motifs is 1. The Bertz CT molecular complexity index is 953. The summed E-state index contributed by atoms with van der Waals surface area (Å²) in [5.74, 6) is 0.407. The predicted molar refractivity (Wildman–Crippen MR) is 108 cm³/mol. The minimum Gasteiger partial charge on any atom is -0.496 e. The van der Waals surface area contributed by atoms with Gasteiger partial charge in [0.15, 0.2) is 6.29 Å². The first kappa shape index (κ1) is 23.6. The van der Waals surface area contributed by atoms with Crippen molar-refractivity contribution < 1.29 is 44.2 Å². The summed E-state index contributed by atoms with van der Waals surface area (Å²) in [6.07, 6.45) is -8.49. The third-order valence-electron chi connectivity index (χ3n) is 5.54. The summed E-state index contributed by atoms with van der Waals surface area (Å²) in [6.45, 7) is 2.50. The molecular weight excluding hydrogens is 412 g/mol. The molecule has 1 aromatic carbocycles. The van der Waals surface area contributed by atoms with Crippen molar-refractivity contribution in [2.24, 2.45) is 0 Å². The molecule has 0 radical (unpaired) electrons. The van der Waals surface area contributed by atoms with E-state index in [2.05, 4.69) is 0 Å². The molecule has 0 bridgehead atoms. The monoisotopic (exact) mass is 440 g/mol. The van der Waals surface area contributed by atoms with Crippen LogP contribution in [0.1, 0.15) is 19.4 Å². The summed E-state index contributed by atoms with van der Waals surface area (Å²) in [7, 11) is 1.45. The van der Waals surface area contributed by atoms with Crippen LogP contribution in [0.15, 0.2) is 33.5 Å². The SMILES string of the molecule is COc1ccc2ccc(=O)oc2c1CC(O)C(C)(C)OC1OC(CO)C(O)C(O)C1O. The third kappa shape index (κ3) is 4.75. The Balaban J connectivity index is 1.85. The maximum atomic E-state index is 11.7. The zero-order valence-electron chi connectivity index (χ0n) is 17.5. The van der Waals surface area contributed by atoms with Gasteiger partial charge in [-0.3, -0.25) is 0 Å². The Labute approximate surface area is 178 Å². The number of methoxy groups -OCH3 is 1. The van der Waals surface area contributed by atoms with Crippen LogP contribution in [0.2, 0.25) is 0 Å². The highest BCUT2D eigenvalue weighted by Crippen LogP contribution is 2.32. The van der Waals surface area contributed by atoms with Gasteiger partial charge in [0.05, 0.1) is 25.4 Å². The van der Waals surface area contributed by atoms with Gasteiger partial charge in [-0.05, 0) is 32.0 Å². The van der Waals surface area contributed by atoms with E-state index in [0.29, 0.717) is 16.7 Å². The summed E-state index contributed by atoms with van der Waals surface area (Å²) < 4.78 is 21.8. The van der Waals surface area contributed by atoms with E-state index in [-0.39, 0.29) is 12.0 Å². The van der Waals surface area contributed by atoms with Gasteiger partial charge >= 0.3 is 5.63 Å². The summed E-state index contributed by atoms with van der Waals surface area (Å²) in [6, 6.07) is 6.31. The molecule has 6 unspecified atom stereocenters. The molecule has 5 N–H and O–H groups in total. The number of benzene rings is 1. The highest BCUT2D eigenvalue weighted by molar-refractivity contribution is 5.82. The zero-order valence-corrected chi connectivity index (χ0v) is 17.5. The number of ether oxygens (including phenoxy) is 3. The van der Waals surface area contributed by atoms with Gasteiger partial charge in [0.25, 0.3) is 0 Å². The first-order valence-electron chi connectivity index (χ1n) is 9.85. The van der Waals surface area contributed by atoms with Crippen molar-refractivity contribution in [3.8, 4) is 5.75 Å². The highest BCUT2D eigenvalue weighted by Gasteiger charge is 2.47.